The van der Waals surface area contributed by atoms with Crippen LogP contribution in [0.1, 0.15) is 42.3 Å². The lowest BCUT2D eigenvalue weighted by Gasteiger charge is -2.10. The number of amides is 1. The van der Waals surface area contributed by atoms with Crippen molar-refractivity contribution in [3.63, 3.8) is 0 Å². The van der Waals surface area contributed by atoms with E-state index in [1.165, 1.54) is 11.5 Å². The Morgan fingerprint density at radius 3 is 2.67 bits per heavy atom. The summed E-state index contributed by atoms with van der Waals surface area (Å²) in [5.74, 6) is 0.344. The fourth-order valence-corrected chi connectivity index (χ4v) is 2.18. The van der Waals surface area contributed by atoms with Gasteiger partial charge in [0.05, 0.1) is 18.2 Å². The van der Waals surface area contributed by atoms with Crippen LogP contribution < -0.4 is 10.1 Å². The van der Waals surface area contributed by atoms with Crippen LogP contribution >= 0.6 is 0 Å². The fraction of sp³-hybridized carbons (Fsp3) is 0.375. The predicted molar refractivity (Wildman–Crippen MR) is 82.0 cm³/mol. The Morgan fingerprint density at radius 2 is 2.10 bits per heavy atom. The lowest BCUT2D eigenvalue weighted by molar-refractivity contribution is 0.0940. The minimum absolute atomic E-state index is 0.0823. The molecule has 0 saturated heterocycles. The van der Waals surface area contributed by atoms with Gasteiger partial charge >= 0.3 is 0 Å². The fourth-order valence-electron chi connectivity index (χ4n) is 2.18. The average molecular weight is 288 g/mol. The summed E-state index contributed by atoms with van der Waals surface area (Å²) in [5.41, 5.74) is 1.19. The van der Waals surface area contributed by atoms with Gasteiger partial charge in [-0.05, 0) is 31.5 Å². The maximum atomic E-state index is 12.4. The summed E-state index contributed by atoms with van der Waals surface area (Å²) < 4.78 is 6.69. The van der Waals surface area contributed by atoms with Crippen molar-refractivity contribution in [2.45, 2.75) is 33.2 Å². The van der Waals surface area contributed by atoms with Crippen molar-refractivity contribution in [3.05, 3.63) is 30.0 Å². The van der Waals surface area contributed by atoms with Crippen molar-refractivity contribution in [3.8, 4) is 5.75 Å². The molecule has 0 bridgehead atoms. The lowest BCUT2D eigenvalue weighted by atomic mass is 10.1. The second-order valence-electron chi connectivity index (χ2n) is 5.10. The molecule has 1 atom stereocenters. The molecular formula is C16H20N2O3. The summed E-state index contributed by atoms with van der Waals surface area (Å²) >= 11 is 0. The van der Waals surface area contributed by atoms with Gasteiger partial charge in [-0.1, -0.05) is 6.92 Å². The third-order valence-corrected chi connectivity index (χ3v) is 3.59. The van der Waals surface area contributed by atoms with E-state index in [9.17, 15) is 9.59 Å². The van der Waals surface area contributed by atoms with Crippen molar-refractivity contribution in [2.75, 3.05) is 7.11 Å². The molecular weight excluding hydrogens is 268 g/mol. The first-order chi connectivity index (χ1) is 9.97. The number of hydrogen-bond acceptors (Lipinski definition) is 3. The van der Waals surface area contributed by atoms with Gasteiger partial charge in [-0.3, -0.25) is 14.2 Å². The second kappa shape index (κ2) is 5.99. The number of ether oxygens (including phenoxy) is 1. The molecule has 5 nitrogen and oxygen atoms in total. The van der Waals surface area contributed by atoms with Gasteiger partial charge in [0.1, 0.15) is 5.75 Å². The Balaban J connectivity index is 2.56. The van der Waals surface area contributed by atoms with Crippen LogP contribution in [0.3, 0.4) is 0 Å². The Hall–Kier alpha value is -2.30. The number of carbonyl (C=O) groups excluding carboxylic acids is 2. The summed E-state index contributed by atoms with van der Waals surface area (Å²) in [6, 6.07) is 5.42. The van der Waals surface area contributed by atoms with E-state index in [1.54, 1.807) is 31.5 Å². The quantitative estimate of drug-likeness (QED) is 0.941. The van der Waals surface area contributed by atoms with E-state index in [-0.39, 0.29) is 17.9 Å². The topological polar surface area (TPSA) is 60.3 Å². The van der Waals surface area contributed by atoms with E-state index in [0.29, 0.717) is 22.2 Å². The van der Waals surface area contributed by atoms with Crippen LogP contribution in [0.15, 0.2) is 24.4 Å². The first-order valence-electron chi connectivity index (χ1n) is 6.98. The SMILES string of the molecule is CCC(C)NC(=O)c1cn(C(C)=O)c2ccc(OC)cc12. The minimum atomic E-state index is -0.178. The number of carbonyl (C=O) groups is 2. The van der Waals surface area contributed by atoms with Crippen LogP contribution in [0.4, 0.5) is 0 Å². The van der Waals surface area contributed by atoms with Gasteiger partial charge in [0.25, 0.3) is 5.91 Å². The van der Waals surface area contributed by atoms with Gasteiger partial charge in [0, 0.05) is 24.5 Å². The highest BCUT2D eigenvalue weighted by Crippen LogP contribution is 2.26. The van der Waals surface area contributed by atoms with Crippen molar-refractivity contribution >= 4 is 22.7 Å². The number of aromatic nitrogens is 1. The standard InChI is InChI=1S/C16H20N2O3/c1-5-10(2)17-16(20)14-9-18(11(3)19)15-7-6-12(21-4)8-13(14)15/h6-10H,5H2,1-4H3,(H,17,20). The molecule has 2 aromatic rings. The molecule has 0 aliphatic carbocycles. The highest BCUT2D eigenvalue weighted by Gasteiger charge is 2.18. The van der Waals surface area contributed by atoms with Crippen LogP contribution in [0.2, 0.25) is 0 Å². The zero-order valence-corrected chi connectivity index (χ0v) is 12.8. The molecule has 1 heterocycles. The molecule has 112 valence electrons. The summed E-state index contributed by atoms with van der Waals surface area (Å²) in [6.45, 7) is 5.43. The van der Waals surface area contributed by atoms with Crippen molar-refractivity contribution in [1.29, 1.82) is 0 Å². The Kier molecular flexibility index (Phi) is 4.31. The van der Waals surface area contributed by atoms with Crippen LogP contribution in [0.5, 0.6) is 5.75 Å². The van der Waals surface area contributed by atoms with Gasteiger partial charge in [0.15, 0.2) is 0 Å². The number of rotatable bonds is 4. The van der Waals surface area contributed by atoms with Crippen LogP contribution in [0, 0.1) is 0 Å². The van der Waals surface area contributed by atoms with Crippen molar-refractivity contribution in [1.82, 2.24) is 9.88 Å². The number of methoxy groups -OCH3 is 1. The Morgan fingerprint density at radius 1 is 1.38 bits per heavy atom. The number of nitrogens with zero attached hydrogens (tertiary/aromatic N) is 1. The number of hydrogen-bond donors (Lipinski definition) is 1. The molecule has 0 aliphatic rings. The van der Waals surface area contributed by atoms with E-state index in [4.69, 9.17) is 4.74 Å². The van der Waals surface area contributed by atoms with Crippen LogP contribution in [-0.4, -0.2) is 29.5 Å². The van der Waals surface area contributed by atoms with E-state index in [1.807, 2.05) is 13.8 Å². The minimum Gasteiger partial charge on any atom is -0.497 e. The average Bonchev–Trinajstić information content (AvgIpc) is 2.85. The summed E-state index contributed by atoms with van der Waals surface area (Å²) in [4.78, 5) is 24.1. The zero-order valence-electron chi connectivity index (χ0n) is 12.8. The molecule has 0 spiro atoms. The molecule has 0 radical (unpaired) electrons. The molecule has 5 heteroatoms. The largest absolute Gasteiger partial charge is 0.497 e. The normalized spacial score (nSPS) is 12.2. The summed E-state index contributed by atoms with van der Waals surface area (Å²) in [6.07, 6.45) is 2.44. The van der Waals surface area contributed by atoms with E-state index < -0.39 is 0 Å². The van der Waals surface area contributed by atoms with E-state index >= 15 is 0 Å². The van der Waals surface area contributed by atoms with Crippen molar-refractivity contribution in [2.24, 2.45) is 0 Å². The van der Waals surface area contributed by atoms with Crippen LogP contribution in [0.25, 0.3) is 10.9 Å². The monoisotopic (exact) mass is 288 g/mol. The van der Waals surface area contributed by atoms with E-state index in [0.717, 1.165) is 6.42 Å². The molecule has 0 fully saturated rings. The third-order valence-electron chi connectivity index (χ3n) is 3.59. The molecule has 1 amide bonds. The number of benzene rings is 1. The van der Waals surface area contributed by atoms with Crippen molar-refractivity contribution < 1.29 is 14.3 Å². The Labute approximate surface area is 123 Å². The summed E-state index contributed by atoms with van der Waals surface area (Å²) in [5, 5.41) is 3.64. The molecule has 1 N–H and O–H groups in total. The highest BCUT2D eigenvalue weighted by molar-refractivity contribution is 6.09. The molecule has 0 saturated carbocycles. The molecule has 1 unspecified atom stereocenters. The third kappa shape index (κ3) is 2.91. The first kappa shape index (κ1) is 15.1. The van der Waals surface area contributed by atoms with E-state index in [2.05, 4.69) is 5.32 Å². The molecule has 1 aromatic carbocycles. The van der Waals surface area contributed by atoms with Gasteiger partial charge in [-0.15, -0.1) is 0 Å². The first-order valence-corrected chi connectivity index (χ1v) is 6.98. The maximum Gasteiger partial charge on any atom is 0.253 e. The smallest absolute Gasteiger partial charge is 0.253 e. The number of fused-ring (bicyclic) bond motifs is 1. The second-order valence-corrected chi connectivity index (χ2v) is 5.10. The van der Waals surface area contributed by atoms with Gasteiger partial charge in [-0.2, -0.15) is 0 Å². The molecule has 0 aliphatic heterocycles. The van der Waals surface area contributed by atoms with Crippen LogP contribution in [-0.2, 0) is 0 Å². The van der Waals surface area contributed by atoms with Gasteiger partial charge in [0.2, 0.25) is 5.91 Å². The molecule has 2 rings (SSSR count). The Bertz CT molecular complexity index is 688. The lowest BCUT2D eigenvalue weighted by Crippen LogP contribution is -2.31. The zero-order chi connectivity index (χ0) is 15.6. The van der Waals surface area contributed by atoms with Gasteiger partial charge < -0.3 is 10.1 Å². The molecule has 21 heavy (non-hydrogen) atoms. The van der Waals surface area contributed by atoms with Gasteiger partial charge in [-0.25, -0.2) is 0 Å². The molecule has 1 aromatic heterocycles. The maximum absolute atomic E-state index is 12.4. The summed E-state index contributed by atoms with van der Waals surface area (Å²) in [7, 11) is 1.57. The highest BCUT2D eigenvalue weighted by atomic mass is 16.5. The predicted octanol–water partition coefficient (Wildman–Crippen LogP) is 2.84. The number of nitrogens with one attached hydrogen (secondary N) is 1.